The van der Waals surface area contributed by atoms with Crippen LogP contribution in [0.25, 0.3) is 0 Å². The van der Waals surface area contributed by atoms with E-state index in [2.05, 4.69) is 5.32 Å². The van der Waals surface area contributed by atoms with E-state index in [4.69, 9.17) is 9.84 Å². The van der Waals surface area contributed by atoms with E-state index in [9.17, 15) is 14.9 Å². The highest BCUT2D eigenvalue weighted by Gasteiger charge is 2.26. The van der Waals surface area contributed by atoms with E-state index in [1.54, 1.807) is 19.9 Å². The number of carboxylic acids is 1. The van der Waals surface area contributed by atoms with Gasteiger partial charge in [0, 0.05) is 24.2 Å². The summed E-state index contributed by atoms with van der Waals surface area (Å²) in [6.07, 6.45) is 0.460. The molecule has 0 atom stereocenters. The number of carboxylic acid groups (broad SMARTS) is 1. The Balaban J connectivity index is 2.69. The molecule has 0 aromatic heterocycles. The highest BCUT2D eigenvalue weighted by molar-refractivity contribution is 5.73. The van der Waals surface area contributed by atoms with Gasteiger partial charge in [-0.2, -0.15) is 0 Å². The monoisotopic (exact) mass is 310 g/mol. The number of hydrogen-bond acceptors (Lipinski definition) is 5. The summed E-state index contributed by atoms with van der Waals surface area (Å²) in [5.74, 6) is -0.252. The first-order valence-electron chi connectivity index (χ1n) is 7.12. The molecule has 0 spiro atoms. The van der Waals surface area contributed by atoms with Gasteiger partial charge in [-0.3, -0.25) is 14.9 Å². The topological polar surface area (TPSA) is 102 Å². The molecule has 122 valence electrons. The Labute approximate surface area is 129 Å². The van der Waals surface area contributed by atoms with Crippen LogP contribution in [0.5, 0.6) is 5.75 Å². The maximum absolute atomic E-state index is 11.0. The fourth-order valence-electron chi connectivity index (χ4n) is 1.84. The average molecular weight is 310 g/mol. The van der Waals surface area contributed by atoms with Crippen LogP contribution in [-0.4, -0.2) is 29.2 Å². The summed E-state index contributed by atoms with van der Waals surface area (Å²) in [4.78, 5) is 21.4. The number of nitrogens with zero attached hydrogens (tertiary/aromatic N) is 1. The van der Waals surface area contributed by atoms with Gasteiger partial charge in [-0.25, -0.2) is 0 Å². The predicted molar refractivity (Wildman–Crippen MR) is 82.0 cm³/mol. The minimum atomic E-state index is -0.848. The molecule has 0 amide bonds. The van der Waals surface area contributed by atoms with Gasteiger partial charge in [0.25, 0.3) is 5.69 Å². The Morgan fingerprint density at radius 1 is 1.45 bits per heavy atom. The fourth-order valence-corrected chi connectivity index (χ4v) is 1.84. The molecule has 22 heavy (non-hydrogen) atoms. The summed E-state index contributed by atoms with van der Waals surface area (Å²) in [7, 11) is 0. The van der Waals surface area contributed by atoms with E-state index in [0.717, 1.165) is 0 Å². The molecule has 1 aromatic carbocycles. The number of aliphatic carboxylic acids is 1. The molecule has 0 heterocycles. The number of nitro groups is 1. The zero-order valence-electron chi connectivity index (χ0n) is 13.1. The number of nitrogens with one attached hydrogen (secondary N) is 1. The number of benzene rings is 1. The second kappa shape index (κ2) is 7.74. The smallest absolute Gasteiger partial charge is 0.309 e. The third-order valence-electron chi connectivity index (χ3n) is 3.38. The van der Waals surface area contributed by atoms with E-state index in [0.29, 0.717) is 37.4 Å². The Bertz CT molecular complexity index is 543. The third kappa shape index (κ3) is 5.00. The molecule has 0 bridgehead atoms. The van der Waals surface area contributed by atoms with E-state index in [-0.39, 0.29) is 5.69 Å². The molecule has 0 saturated carbocycles. The minimum Gasteiger partial charge on any atom is -0.494 e. The van der Waals surface area contributed by atoms with Gasteiger partial charge < -0.3 is 15.2 Å². The van der Waals surface area contributed by atoms with Crippen LogP contribution in [0.2, 0.25) is 0 Å². The van der Waals surface area contributed by atoms with Crippen molar-refractivity contribution in [3.63, 3.8) is 0 Å². The molecule has 0 aliphatic carbocycles. The van der Waals surface area contributed by atoms with Crippen molar-refractivity contribution in [1.82, 2.24) is 5.32 Å². The normalized spacial score (nSPS) is 11.2. The number of ether oxygens (including phenoxy) is 1. The highest BCUT2D eigenvalue weighted by atomic mass is 16.6. The predicted octanol–water partition coefficient (Wildman–Crippen LogP) is 2.58. The first-order chi connectivity index (χ1) is 10.3. The number of hydrogen-bond donors (Lipinski definition) is 2. The Hall–Kier alpha value is -2.15. The summed E-state index contributed by atoms with van der Waals surface area (Å²) in [6, 6.07) is 4.46. The van der Waals surface area contributed by atoms with Gasteiger partial charge in [-0.1, -0.05) is 0 Å². The van der Waals surface area contributed by atoms with E-state index in [1.807, 2.05) is 6.92 Å². The van der Waals surface area contributed by atoms with E-state index >= 15 is 0 Å². The minimum absolute atomic E-state index is 0.00567. The van der Waals surface area contributed by atoms with Crippen molar-refractivity contribution >= 4 is 11.7 Å². The van der Waals surface area contributed by atoms with Crippen LogP contribution in [0.4, 0.5) is 5.69 Å². The number of non-ortho nitro benzene ring substituents is 1. The van der Waals surface area contributed by atoms with Gasteiger partial charge in [-0.15, -0.1) is 0 Å². The van der Waals surface area contributed by atoms with Crippen LogP contribution in [0.1, 0.15) is 32.8 Å². The first-order valence-corrected chi connectivity index (χ1v) is 7.12. The quantitative estimate of drug-likeness (QED) is 0.413. The molecule has 0 fully saturated rings. The molecule has 7 nitrogen and oxygen atoms in total. The number of carbonyl (C=O) groups is 1. The van der Waals surface area contributed by atoms with E-state index in [1.165, 1.54) is 12.1 Å². The second-order valence-electron chi connectivity index (χ2n) is 5.60. The van der Waals surface area contributed by atoms with Crippen molar-refractivity contribution in [2.24, 2.45) is 5.41 Å². The third-order valence-corrected chi connectivity index (χ3v) is 3.38. The van der Waals surface area contributed by atoms with Gasteiger partial charge in [0.05, 0.1) is 16.9 Å². The van der Waals surface area contributed by atoms with Crippen LogP contribution in [0.15, 0.2) is 18.2 Å². The summed E-state index contributed by atoms with van der Waals surface area (Å²) in [5.41, 5.74) is -0.117. The summed E-state index contributed by atoms with van der Waals surface area (Å²) < 4.78 is 5.45. The van der Waals surface area contributed by atoms with Crippen molar-refractivity contribution in [3.05, 3.63) is 33.9 Å². The van der Waals surface area contributed by atoms with Gasteiger partial charge in [0.2, 0.25) is 0 Å². The molecular weight excluding hydrogens is 288 g/mol. The maximum atomic E-state index is 11.0. The molecule has 1 rings (SSSR count). The Morgan fingerprint density at radius 3 is 2.68 bits per heavy atom. The van der Waals surface area contributed by atoms with Crippen molar-refractivity contribution < 1.29 is 19.6 Å². The molecule has 0 aliphatic rings. The van der Waals surface area contributed by atoms with Crippen molar-refractivity contribution in [1.29, 1.82) is 0 Å². The fraction of sp³-hybridized carbons (Fsp3) is 0.533. The SMILES string of the molecule is CCOc1ccc([N+](=O)[O-])cc1CNCCC(C)(C)C(=O)O. The van der Waals surface area contributed by atoms with Crippen LogP contribution in [0.3, 0.4) is 0 Å². The lowest BCUT2D eigenvalue weighted by Gasteiger charge is -2.19. The number of nitro benzene ring substituents is 1. The van der Waals surface area contributed by atoms with Crippen molar-refractivity contribution in [2.75, 3.05) is 13.2 Å². The van der Waals surface area contributed by atoms with Crippen molar-refractivity contribution in [3.8, 4) is 5.75 Å². The zero-order valence-corrected chi connectivity index (χ0v) is 13.1. The standard InChI is InChI=1S/C15H22N2O5/c1-4-22-13-6-5-12(17(20)21)9-11(13)10-16-8-7-15(2,3)14(18)19/h5-6,9,16H,4,7-8,10H2,1-3H3,(H,18,19). The first kappa shape index (κ1) is 17.9. The zero-order chi connectivity index (χ0) is 16.8. The molecule has 0 aliphatic heterocycles. The second-order valence-corrected chi connectivity index (χ2v) is 5.60. The van der Waals surface area contributed by atoms with Crippen LogP contribution in [-0.2, 0) is 11.3 Å². The molecule has 0 saturated heterocycles. The van der Waals surface area contributed by atoms with Crippen LogP contribution in [0, 0.1) is 15.5 Å². The van der Waals surface area contributed by atoms with E-state index < -0.39 is 16.3 Å². The lowest BCUT2D eigenvalue weighted by Crippen LogP contribution is -2.28. The van der Waals surface area contributed by atoms with Crippen LogP contribution >= 0.6 is 0 Å². The van der Waals surface area contributed by atoms with Gasteiger partial charge >= 0.3 is 5.97 Å². The van der Waals surface area contributed by atoms with Gasteiger partial charge in [0.1, 0.15) is 5.75 Å². The summed E-state index contributed by atoms with van der Waals surface area (Å²) in [5, 5.41) is 23.0. The maximum Gasteiger partial charge on any atom is 0.309 e. The van der Waals surface area contributed by atoms with Crippen molar-refractivity contribution in [2.45, 2.75) is 33.7 Å². The Kier molecular flexibility index (Phi) is 6.30. The lowest BCUT2D eigenvalue weighted by atomic mass is 9.90. The summed E-state index contributed by atoms with van der Waals surface area (Å²) in [6.45, 7) is 6.51. The number of rotatable bonds is 9. The Morgan fingerprint density at radius 2 is 2.14 bits per heavy atom. The molecule has 7 heteroatoms. The molecule has 0 radical (unpaired) electrons. The molecule has 2 N–H and O–H groups in total. The van der Waals surface area contributed by atoms with Gasteiger partial charge in [-0.05, 0) is 39.8 Å². The lowest BCUT2D eigenvalue weighted by molar-refractivity contribution is -0.384. The molecule has 1 aromatic rings. The molecular formula is C15H22N2O5. The summed E-state index contributed by atoms with van der Waals surface area (Å²) >= 11 is 0. The molecule has 0 unspecified atom stereocenters. The largest absolute Gasteiger partial charge is 0.494 e. The van der Waals surface area contributed by atoms with Gasteiger partial charge in [0.15, 0.2) is 0 Å². The highest BCUT2D eigenvalue weighted by Crippen LogP contribution is 2.24. The van der Waals surface area contributed by atoms with Crippen LogP contribution < -0.4 is 10.1 Å². The average Bonchev–Trinajstić information content (AvgIpc) is 2.44.